The number of carbonyl (C=O) groups is 1. The van der Waals surface area contributed by atoms with Crippen LogP contribution in [0.3, 0.4) is 0 Å². The third-order valence-electron chi connectivity index (χ3n) is 3.23. The summed E-state index contributed by atoms with van der Waals surface area (Å²) >= 11 is 1.61. The fourth-order valence-electron chi connectivity index (χ4n) is 2.14. The van der Waals surface area contributed by atoms with Crippen LogP contribution in [-0.4, -0.2) is 19.4 Å². The lowest BCUT2D eigenvalue weighted by Crippen LogP contribution is -2.32. The molecule has 0 aromatic carbocycles. The van der Waals surface area contributed by atoms with Crippen LogP contribution in [0, 0.1) is 5.92 Å². The van der Waals surface area contributed by atoms with E-state index in [1.165, 1.54) is 24.3 Å². The van der Waals surface area contributed by atoms with Crippen molar-refractivity contribution in [3.63, 3.8) is 0 Å². The Balaban J connectivity index is 1.97. The number of piperidine rings is 1. The number of rotatable bonds is 3. The van der Waals surface area contributed by atoms with E-state index in [2.05, 4.69) is 17.9 Å². The van der Waals surface area contributed by atoms with Gasteiger partial charge in [-0.25, -0.2) is 0 Å². The van der Waals surface area contributed by atoms with Crippen molar-refractivity contribution in [2.75, 3.05) is 18.0 Å². The van der Waals surface area contributed by atoms with Gasteiger partial charge in [-0.15, -0.1) is 11.3 Å². The molecule has 2 rings (SSSR count). The highest BCUT2D eigenvalue weighted by Crippen LogP contribution is 2.29. The zero-order chi connectivity index (χ0) is 10.7. The highest BCUT2D eigenvalue weighted by Gasteiger charge is 2.18. The molecule has 15 heavy (non-hydrogen) atoms. The normalized spacial score (nSPS) is 18.1. The monoisotopic (exact) mass is 223 g/mol. The Morgan fingerprint density at radius 1 is 1.47 bits per heavy atom. The van der Waals surface area contributed by atoms with Crippen LogP contribution < -0.4 is 4.90 Å². The van der Waals surface area contributed by atoms with Gasteiger partial charge in [-0.1, -0.05) is 13.3 Å². The zero-order valence-corrected chi connectivity index (χ0v) is 9.93. The van der Waals surface area contributed by atoms with Crippen LogP contribution in [0.15, 0.2) is 12.1 Å². The van der Waals surface area contributed by atoms with E-state index in [1.807, 2.05) is 6.07 Å². The van der Waals surface area contributed by atoms with E-state index in [1.54, 1.807) is 11.3 Å². The lowest BCUT2D eigenvalue weighted by Gasteiger charge is -2.32. The van der Waals surface area contributed by atoms with Gasteiger partial charge >= 0.3 is 0 Å². The molecule has 1 fully saturated rings. The summed E-state index contributed by atoms with van der Waals surface area (Å²) in [5.74, 6) is 0.909. The number of nitrogens with zero attached hydrogens (tertiary/aromatic N) is 1. The minimum atomic E-state index is 0.836. The molecule has 0 atom stereocenters. The Labute approximate surface area is 94.9 Å². The summed E-state index contributed by atoms with van der Waals surface area (Å²) < 4.78 is 0. The number of thiophene rings is 1. The Morgan fingerprint density at radius 3 is 2.73 bits per heavy atom. The molecule has 0 saturated carbocycles. The highest BCUT2D eigenvalue weighted by molar-refractivity contribution is 7.17. The highest BCUT2D eigenvalue weighted by atomic mass is 32.1. The summed E-state index contributed by atoms with van der Waals surface area (Å²) in [5, 5.41) is 1.26. The van der Waals surface area contributed by atoms with Gasteiger partial charge in [0.25, 0.3) is 0 Å². The van der Waals surface area contributed by atoms with E-state index in [0.717, 1.165) is 30.2 Å². The van der Waals surface area contributed by atoms with E-state index < -0.39 is 0 Å². The molecule has 1 aliphatic heterocycles. The third-order valence-corrected chi connectivity index (χ3v) is 4.30. The lowest BCUT2D eigenvalue weighted by molar-refractivity contribution is 0.112. The Kier molecular flexibility index (Phi) is 3.41. The summed E-state index contributed by atoms with van der Waals surface area (Å²) in [6.45, 7) is 4.57. The molecular formula is C12H17NOS. The minimum Gasteiger partial charge on any atom is -0.363 e. The van der Waals surface area contributed by atoms with Crippen molar-refractivity contribution < 1.29 is 4.79 Å². The fourth-order valence-corrected chi connectivity index (χ4v) is 3.01. The summed E-state index contributed by atoms with van der Waals surface area (Å²) in [6.07, 6.45) is 4.83. The molecule has 82 valence electrons. The van der Waals surface area contributed by atoms with Crippen LogP contribution in [0.5, 0.6) is 0 Å². The van der Waals surface area contributed by atoms with E-state index in [9.17, 15) is 4.79 Å². The fraction of sp³-hybridized carbons (Fsp3) is 0.583. The van der Waals surface area contributed by atoms with Gasteiger partial charge in [0.05, 0.1) is 9.88 Å². The minimum absolute atomic E-state index is 0.836. The van der Waals surface area contributed by atoms with E-state index in [4.69, 9.17) is 0 Å². The van der Waals surface area contributed by atoms with Crippen molar-refractivity contribution in [1.82, 2.24) is 0 Å². The summed E-state index contributed by atoms with van der Waals surface area (Å²) in [5.41, 5.74) is 0. The average Bonchev–Trinajstić information content (AvgIpc) is 2.78. The number of aldehydes is 1. The van der Waals surface area contributed by atoms with Gasteiger partial charge in [-0.2, -0.15) is 0 Å². The quantitative estimate of drug-likeness (QED) is 0.733. The second-order valence-corrected chi connectivity index (χ2v) is 5.23. The smallest absolute Gasteiger partial charge is 0.160 e. The van der Waals surface area contributed by atoms with Crippen molar-refractivity contribution >= 4 is 22.6 Å². The van der Waals surface area contributed by atoms with E-state index in [-0.39, 0.29) is 0 Å². The maximum atomic E-state index is 10.6. The van der Waals surface area contributed by atoms with Crippen molar-refractivity contribution in [3.8, 4) is 0 Å². The van der Waals surface area contributed by atoms with E-state index in [0.29, 0.717) is 0 Å². The molecule has 0 spiro atoms. The molecule has 0 N–H and O–H groups in total. The molecule has 1 aliphatic rings. The Morgan fingerprint density at radius 2 is 2.20 bits per heavy atom. The molecule has 2 heterocycles. The van der Waals surface area contributed by atoms with Gasteiger partial charge in [0.1, 0.15) is 0 Å². The lowest BCUT2D eigenvalue weighted by atomic mass is 9.95. The largest absolute Gasteiger partial charge is 0.363 e. The Bertz CT molecular complexity index is 326. The molecule has 0 amide bonds. The first-order valence-electron chi connectivity index (χ1n) is 5.63. The van der Waals surface area contributed by atoms with Gasteiger partial charge in [0, 0.05) is 13.1 Å². The second kappa shape index (κ2) is 4.79. The first-order valence-corrected chi connectivity index (χ1v) is 6.45. The van der Waals surface area contributed by atoms with Crippen LogP contribution in [0.1, 0.15) is 35.9 Å². The average molecular weight is 223 g/mol. The third kappa shape index (κ3) is 2.40. The van der Waals surface area contributed by atoms with Crippen LogP contribution in [0.2, 0.25) is 0 Å². The summed E-state index contributed by atoms with van der Waals surface area (Å²) in [4.78, 5) is 13.8. The zero-order valence-electron chi connectivity index (χ0n) is 9.11. The standard InChI is InChI=1S/C12H17NOS/c1-2-10-5-7-13(8-6-10)12-4-3-11(9-14)15-12/h3-4,9-10H,2,5-8H2,1H3. The van der Waals surface area contributed by atoms with Crippen molar-refractivity contribution in [3.05, 3.63) is 17.0 Å². The number of hydrogen-bond donors (Lipinski definition) is 0. The SMILES string of the molecule is CCC1CCN(c2ccc(C=O)s2)CC1. The van der Waals surface area contributed by atoms with Crippen LogP contribution >= 0.6 is 11.3 Å². The molecule has 0 unspecified atom stereocenters. The first kappa shape index (κ1) is 10.7. The van der Waals surface area contributed by atoms with E-state index >= 15 is 0 Å². The van der Waals surface area contributed by atoms with Crippen LogP contribution in [0.25, 0.3) is 0 Å². The molecule has 0 bridgehead atoms. The van der Waals surface area contributed by atoms with Crippen LogP contribution in [0.4, 0.5) is 5.00 Å². The first-order chi connectivity index (χ1) is 7.33. The van der Waals surface area contributed by atoms with Gasteiger partial charge in [0.15, 0.2) is 6.29 Å². The number of hydrogen-bond acceptors (Lipinski definition) is 3. The second-order valence-electron chi connectivity index (χ2n) is 4.13. The van der Waals surface area contributed by atoms with Gasteiger partial charge in [-0.3, -0.25) is 4.79 Å². The van der Waals surface area contributed by atoms with Gasteiger partial charge in [0.2, 0.25) is 0 Å². The summed E-state index contributed by atoms with van der Waals surface area (Å²) in [6, 6.07) is 3.99. The maximum Gasteiger partial charge on any atom is 0.160 e. The van der Waals surface area contributed by atoms with Crippen molar-refractivity contribution in [2.45, 2.75) is 26.2 Å². The Hall–Kier alpha value is -0.830. The maximum absolute atomic E-state index is 10.6. The molecule has 0 aliphatic carbocycles. The molecule has 1 saturated heterocycles. The van der Waals surface area contributed by atoms with Crippen molar-refractivity contribution in [2.24, 2.45) is 5.92 Å². The predicted octanol–water partition coefficient (Wildman–Crippen LogP) is 3.19. The van der Waals surface area contributed by atoms with Gasteiger partial charge in [-0.05, 0) is 30.9 Å². The molecule has 1 aromatic heterocycles. The topological polar surface area (TPSA) is 20.3 Å². The molecular weight excluding hydrogens is 206 g/mol. The van der Waals surface area contributed by atoms with Crippen molar-refractivity contribution in [1.29, 1.82) is 0 Å². The van der Waals surface area contributed by atoms with Gasteiger partial charge < -0.3 is 4.90 Å². The molecule has 1 aromatic rings. The summed E-state index contributed by atoms with van der Waals surface area (Å²) in [7, 11) is 0. The predicted molar refractivity (Wildman–Crippen MR) is 64.9 cm³/mol. The molecule has 0 radical (unpaired) electrons. The number of anilines is 1. The number of carbonyl (C=O) groups excluding carboxylic acids is 1. The molecule has 3 heteroatoms. The molecule has 2 nitrogen and oxygen atoms in total. The van der Waals surface area contributed by atoms with Crippen LogP contribution in [-0.2, 0) is 0 Å².